The normalized spacial score (nSPS) is 15.4. The van der Waals surface area contributed by atoms with Gasteiger partial charge >= 0.3 is 0 Å². The van der Waals surface area contributed by atoms with Crippen molar-refractivity contribution >= 4 is 39.1 Å². The quantitative estimate of drug-likeness (QED) is 0.529. The van der Waals surface area contributed by atoms with E-state index in [2.05, 4.69) is 39.3 Å². The maximum atomic E-state index is 12.8. The predicted octanol–water partition coefficient (Wildman–Crippen LogP) is 2.21. The van der Waals surface area contributed by atoms with E-state index in [9.17, 15) is 18.0 Å². The van der Waals surface area contributed by atoms with Gasteiger partial charge in [0.15, 0.2) is 0 Å². The summed E-state index contributed by atoms with van der Waals surface area (Å²) < 4.78 is 26.3. The van der Waals surface area contributed by atoms with Crippen LogP contribution in [0.15, 0.2) is 29.7 Å². The first-order valence-electron chi connectivity index (χ1n) is 11.3. The van der Waals surface area contributed by atoms with E-state index in [-0.39, 0.29) is 35.0 Å². The molecule has 1 aliphatic rings. The van der Waals surface area contributed by atoms with Gasteiger partial charge in [-0.2, -0.15) is 0 Å². The Morgan fingerprint density at radius 2 is 1.94 bits per heavy atom. The molecule has 0 aliphatic carbocycles. The molecule has 10 nitrogen and oxygen atoms in total. The van der Waals surface area contributed by atoms with Crippen LogP contribution in [0.1, 0.15) is 44.1 Å². The average Bonchev–Trinajstić information content (AvgIpc) is 3.21. The third kappa shape index (κ3) is 7.00. The molecule has 1 fully saturated rings. The van der Waals surface area contributed by atoms with Gasteiger partial charge in [-0.25, -0.2) is 18.4 Å². The van der Waals surface area contributed by atoms with Gasteiger partial charge < -0.3 is 20.1 Å². The van der Waals surface area contributed by atoms with E-state index in [0.717, 1.165) is 32.5 Å². The molecular weight excluding hydrogens is 480 g/mol. The van der Waals surface area contributed by atoms with Crippen LogP contribution in [0.25, 0.3) is 0 Å². The maximum Gasteiger partial charge on any atom is 0.271 e. The van der Waals surface area contributed by atoms with Crippen molar-refractivity contribution in [3.8, 4) is 0 Å². The molecule has 2 aromatic rings. The average molecular weight is 511 g/mol. The van der Waals surface area contributed by atoms with Crippen molar-refractivity contribution in [2.75, 3.05) is 30.7 Å². The highest BCUT2D eigenvalue weighted by atomic mass is 35.5. The van der Waals surface area contributed by atoms with Crippen LogP contribution in [0.2, 0.25) is 5.02 Å². The molecule has 186 valence electrons. The molecule has 3 rings (SSSR count). The van der Waals surface area contributed by atoms with Gasteiger partial charge in [0.1, 0.15) is 18.1 Å². The highest BCUT2D eigenvalue weighted by Crippen LogP contribution is 2.16. The predicted molar refractivity (Wildman–Crippen MR) is 130 cm³/mol. The number of likely N-dealkylation sites (tertiary alicyclic amines) is 1. The Labute approximate surface area is 205 Å². The second-order valence-electron chi connectivity index (χ2n) is 8.79. The molecule has 0 unspecified atom stereocenters. The van der Waals surface area contributed by atoms with Crippen molar-refractivity contribution in [2.45, 2.75) is 51.4 Å². The van der Waals surface area contributed by atoms with Gasteiger partial charge in [0.2, 0.25) is 20.9 Å². The van der Waals surface area contributed by atoms with Gasteiger partial charge in [0, 0.05) is 38.1 Å². The van der Waals surface area contributed by atoms with Gasteiger partial charge in [-0.05, 0) is 30.9 Å². The van der Waals surface area contributed by atoms with Gasteiger partial charge in [-0.3, -0.25) is 9.59 Å². The highest BCUT2D eigenvalue weighted by Gasteiger charge is 2.27. The third-order valence-electron chi connectivity index (χ3n) is 5.49. The lowest BCUT2D eigenvalue weighted by Gasteiger charge is -2.33. The number of amides is 2. The molecular formula is C22H31ClN6O4S. The molecule has 0 atom stereocenters. The first-order valence-corrected chi connectivity index (χ1v) is 13.3. The minimum atomic E-state index is -3.77. The number of halogens is 1. The Hall–Kier alpha value is -2.50. The lowest BCUT2D eigenvalue weighted by atomic mass is 10.0. The molecule has 0 aromatic carbocycles. The van der Waals surface area contributed by atoms with Crippen molar-refractivity contribution in [1.29, 1.82) is 0 Å². The number of anilines is 1. The van der Waals surface area contributed by atoms with Crippen molar-refractivity contribution in [1.82, 2.24) is 24.8 Å². The van der Waals surface area contributed by atoms with Crippen LogP contribution >= 0.6 is 11.6 Å². The Kier molecular flexibility index (Phi) is 8.67. The van der Waals surface area contributed by atoms with Crippen molar-refractivity contribution in [2.24, 2.45) is 5.92 Å². The maximum absolute atomic E-state index is 12.8. The van der Waals surface area contributed by atoms with E-state index < -0.39 is 21.7 Å². The number of piperidine rings is 1. The lowest BCUT2D eigenvalue weighted by Crippen LogP contribution is -2.45. The van der Waals surface area contributed by atoms with Gasteiger partial charge in [0.05, 0.1) is 10.8 Å². The number of carbonyl (C=O) groups is 2. The Balaban J connectivity index is 1.70. The van der Waals surface area contributed by atoms with Crippen LogP contribution in [-0.2, 0) is 21.2 Å². The summed E-state index contributed by atoms with van der Waals surface area (Å²) in [6.45, 7) is 8.31. The second kappa shape index (κ2) is 11.3. The summed E-state index contributed by atoms with van der Waals surface area (Å²) in [5, 5.41) is 5.64. The smallest absolute Gasteiger partial charge is 0.271 e. The van der Waals surface area contributed by atoms with Crippen LogP contribution in [-0.4, -0.2) is 71.1 Å². The van der Waals surface area contributed by atoms with E-state index in [1.54, 1.807) is 6.07 Å². The monoisotopic (exact) mass is 510 g/mol. The fraction of sp³-hybridized carbons (Fsp3) is 0.545. The summed E-state index contributed by atoms with van der Waals surface area (Å²) in [4.78, 5) is 35.8. The van der Waals surface area contributed by atoms with Crippen LogP contribution in [0.3, 0.4) is 0 Å². The molecule has 1 saturated heterocycles. The number of carbonyl (C=O) groups excluding carboxylic acids is 2. The third-order valence-corrected chi connectivity index (χ3v) is 7.35. The number of pyridine rings is 1. The topological polar surface area (TPSA) is 126 Å². The molecule has 12 heteroatoms. The number of imidazole rings is 1. The number of aromatic nitrogens is 3. The van der Waals surface area contributed by atoms with Gasteiger partial charge in [-0.1, -0.05) is 32.4 Å². The van der Waals surface area contributed by atoms with E-state index in [1.165, 1.54) is 30.0 Å². The highest BCUT2D eigenvalue weighted by molar-refractivity contribution is 7.91. The molecule has 2 aromatic heterocycles. The molecule has 2 N–H and O–H groups in total. The Morgan fingerprint density at radius 3 is 2.53 bits per heavy atom. The molecule has 0 radical (unpaired) electrons. The largest absolute Gasteiger partial charge is 0.348 e. The van der Waals surface area contributed by atoms with Crippen molar-refractivity contribution in [3.05, 3.63) is 35.2 Å². The zero-order valence-corrected chi connectivity index (χ0v) is 21.2. The summed E-state index contributed by atoms with van der Waals surface area (Å²) in [6, 6.07) is 3.10. The molecule has 3 heterocycles. The van der Waals surface area contributed by atoms with E-state index in [0.29, 0.717) is 10.9 Å². The van der Waals surface area contributed by atoms with Crippen LogP contribution in [0.5, 0.6) is 0 Å². The SMILES string of the molecule is CCS(=O)(=O)c1nc(C(=O)NC2CCN(CC(C)C)CC2)cn1CC(=O)Nc1ccc(Cl)cn1. The minimum absolute atomic E-state index is 0.00780. The molecule has 2 amide bonds. The minimum Gasteiger partial charge on any atom is -0.348 e. The summed E-state index contributed by atoms with van der Waals surface area (Å²) in [6.07, 6.45) is 4.32. The summed E-state index contributed by atoms with van der Waals surface area (Å²) >= 11 is 5.80. The molecule has 0 saturated carbocycles. The number of hydrogen-bond donors (Lipinski definition) is 2. The number of hydrogen-bond acceptors (Lipinski definition) is 7. The fourth-order valence-corrected chi connectivity index (χ4v) is 4.90. The number of rotatable bonds is 9. The van der Waals surface area contributed by atoms with Gasteiger partial charge in [0.25, 0.3) is 5.91 Å². The molecule has 0 bridgehead atoms. The van der Waals surface area contributed by atoms with Crippen LogP contribution < -0.4 is 10.6 Å². The second-order valence-corrected chi connectivity index (χ2v) is 11.4. The van der Waals surface area contributed by atoms with Gasteiger partial charge in [-0.15, -0.1) is 0 Å². The van der Waals surface area contributed by atoms with E-state index in [1.807, 2.05) is 0 Å². The first kappa shape index (κ1) is 26.1. The van der Waals surface area contributed by atoms with Crippen LogP contribution in [0, 0.1) is 5.92 Å². The molecule has 1 aliphatic heterocycles. The number of nitrogens with one attached hydrogen (secondary N) is 2. The summed E-state index contributed by atoms with van der Waals surface area (Å²) in [5.74, 6) is -0.310. The van der Waals surface area contributed by atoms with Crippen molar-refractivity contribution < 1.29 is 18.0 Å². The molecule has 0 spiro atoms. The van der Waals surface area contributed by atoms with Crippen molar-refractivity contribution in [3.63, 3.8) is 0 Å². The fourth-order valence-electron chi connectivity index (χ4n) is 3.82. The molecule has 34 heavy (non-hydrogen) atoms. The Bertz CT molecular complexity index is 1110. The van der Waals surface area contributed by atoms with Crippen LogP contribution in [0.4, 0.5) is 5.82 Å². The lowest BCUT2D eigenvalue weighted by molar-refractivity contribution is -0.116. The Morgan fingerprint density at radius 1 is 1.24 bits per heavy atom. The van der Waals surface area contributed by atoms with E-state index >= 15 is 0 Å². The first-order chi connectivity index (χ1) is 16.1. The number of sulfone groups is 1. The standard InChI is InChI=1S/C22H31ClN6O4S/c1-4-34(32,33)22-26-18(21(31)25-17-7-9-28(10-8-17)12-15(2)3)13-29(22)14-20(30)27-19-6-5-16(23)11-24-19/h5-6,11,13,15,17H,4,7-10,12,14H2,1-3H3,(H,25,31)(H,24,27,30). The number of nitrogens with zero attached hydrogens (tertiary/aromatic N) is 4. The zero-order chi connectivity index (χ0) is 24.9. The zero-order valence-electron chi connectivity index (χ0n) is 19.6. The summed E-state index contributed by atoms with van der Waals surface area (Å²) in [5.41, 5.74) is -0.0333. The van der Waals surface area contributed by atoms with E-state index in [4.69, 9.17) is 11.6 Å². The summed E-state index contributed by atoms with van der Waals surface area (Å²) in [7, 11) is -3.77.